The lowest BCUT2D eigenvalue weighted by Crippen LogP contribution is -2.50. The van der Waals surface area contributed by atoms with E-state index in [0.717, 1.165) is 19.6 Å². The van der Waals surface area contributed by atoms with Crippen LogP contribution in [0.5, 0.6) is 0 Å². The van der Waals surface area contributed by atoms with Crippen molar-refractivity contribution in [1.82, 2.24) is 14.7 Å². The first-order chi connectivity index (χ1) is 16.5. The Hall–Kier alpha value is -3.23. The summed E-state index contributed by atoms with van der Waals surface area (Å²) in [6, 6.07) is 19.1. The van der Waals surface area contributed by atoms with Crippen LogP contribution in [0.4, 0.5) is 0 Å². The van der Waals surface area contributed by atoms with E-state index in [0.29, 0.717) is 31.7 Å². The van der Waals surface area contributed by atoms with E-state index in [9.17, 15) is 14.4 Å². The second-order valence-corrected chi connectivity index (χ2v) is 9.08. The molecule has 2 atom stereocenters. The first-order valence-corrected chi connectivity index (χ1v) is 11.8. The summed E-state index contributed by atoms with van der Waals surface area (Å²) >= 11 is 0. The van der Waals surface area contributed by atoms with Gasteiger partial charge in [0.05, 0.1) is 12.1 Å². The average Bonchev–Trinajstić information content (AvgIpc) is 3.20. The number of nitrogens with two attached hydrogens (primary N) is 1. The van der Waals surface area contributed by atoms with Crippen LogP contribution < -0.4 is 5.73 Å². The number of hydrogen-bond acceptors (Lipinski definition) is 6. The van der Waals surface area contributed by atoms with Gasteiger partial charge in [-0.25, -0.2) is 4.79 Å². The van der Waals surface area contributed by atoms with Crippen LogP contribution >= 0.6 is 0 Å². The highest BCUT2D eigenvalue weighted by molar-refractivity contribution is 5.89. The smallest absolute Gasteiger partial charge is 0.338 e. The molecule has 0 spiro atoms. The third-order valence-corrected chi connectivity index (χ3v) is 6.52. The minimum Gasteiger partial charge on any atom is -0.457 e. The van der Waals surface area contributed by atoms with Gasteiger partial charge in [0.2, 0.25) is 11.8 Å². The van der Waals surface area contributed by atoms with E-state index in [2.05, 4.69) is 17.0 Å². The summed E-state index contributed by atoms with van der Waals surface area (Å²) in [6.07, 6.45) is -0.356. The van der Waals surface area contributed by atoms with Crippen LogP contribution in [0.25, 0.3) is 0 Å². The zero-order valence-corrected chi connectivity index (χ0v) is 19.3. The molecule has 2 aromatic rings. The molecule has 2 heterocycles. The highest BCUT2D eigenvalue weighted by atomic mass is 16.5. The van der Waals surface area contributed by atoms with Crippen LogP contribution in [0.15, 0.2) is 60.7 Å². The lowest BCUT2D eigenvalue weighted by molar-refractivity contribution is -0.134. The second kappa shape index (κ2) is 11.3. The maximum absolute atomic E-state index is 13.0. The van der Waals surface area contributed by atoms with Crippen LogP contribution in [0.3, 0.4) is 0 Å². The third kappa shape index (κ3) is 6.42. The van der Waals surface area contributed by atoms with Gasteiger partial charge in [-0.1, -0.05) is 48.5 Å². The lowest BCUT2D eigenvalue weighted by atomic mass is 10.0. The summed E-state index contributed by atoms with van der Waals surface area (Å²) in [5, 5.41) is 0. The number of piperazine rings is 1. The van der Waals surface area contributed by atoms with Crippen molar-refractivity contribution in [2.24, 2.45) is 11.7 Å². The molecule has 0 saturated carbocycles. The van der Waals surface area contributed by atoms with Crippen LogP contribution in [-0.2, 0) is 20.9 Å². The fourth-order valence-electron chi connectivity index (χ4n) is 4.71. The van der Waals surface area contributed by atoms with Crippen LogP contribution in [-0.4, -0.2) is 84.4 Å². The number of primary amides is 1. The predicted molar refractivity (Wildman–Crippen MR) is 128 cm³/mol. The molecule has 2 N–H and O–H groups in total. The van der Waals surface area contributed by atoms with Crippen LogP contribution in [0, 0.1) is 5.92 Å². The number of carbonyl (C=O) groups is 3. The van der Waals surface area contributed by atoms with Crippen LogP contribution in [0.1, 0.15) is 22.3 Å². The molecule has 0 aromatic heterocycles. The van der Waals surface area contributed by atoms with Crippen molar-refractivity contribution >= 4 is 17.8 Å². The molecular weight excluding hydrogens is 432 g/mol. The molecule has 2 saturated heterocycles. The Morgan fingerprint density at radius 3 is 2.15 bits per heavy atom. The van der Waals surface area contributed by atoms with E-state index in [1.54, 1.807) is 24.3 Å². The molecule has 2 amide bonds. The Balaban J connectivity index is 1.28. The first kappa shape index (κ1) is 23.9. The standard InChI is InChI=1S/C26H32N4O4/c27-24(31)15-22-17-29(18-23(22)34-26(33)21-9-5-2-6-10-21)19-25(32)30-13-11-28(12-14-30)16-20-7-3-1-4-8-20/h1-10,22-23H,11-19H2,(H2,27,31)/t22-,23+/m0/s1. The molecular formula is C26H32N4O4. The van der Waals surface area contributed by atoms with E-state index < -0.39 is 18.0 Å². The molecule has 2 fully saturated rings. The zero-order valence-electron chi connectivity index (χ0n) is 19.3. The topological polar surface area (TPSA) is 96.2 Å². The van der Waals surface area contributed by atoms with Gasteiger partial charge < -0.3 is 15.4 Å². The van der Waals surface area contributed by atoms with Gasteiger partial charge in [-0.3, -0.25) is 19.4 Å². The van der Waals surface area contributed by atoms with Crippen molar-refractivity contribution in [1.29, 1.82) is 0 Å². The molecule has 2 aliphatic rings. The third-order valence-electron chi connectivity index (χ3n) is 6.52. The number of benzene rings is 2. The van der Waals surface area contributed by atoms with Crippen molar-refractivity contribution in [3.05, 3.63) is 71.8 Å². The molecule has 2 aliphatic heterocycles. The van der Waals surface area contributed by atoms with Crippen molar-refractivity contribution in [3.63, 3.8) is 0 Å². The average molecular weight is 465 g/mol. The SMILES string of the molecule is NC(=O)C[C@H]1CN(CC(=O)N2CCN(Cc3ccccc3)CC2)C[C@H]1OC(=O)c1ccccc1. The number of rotatable bonds is 8. The van der Waals surface area contributed by atoms with Gasteiger partial charge in [0.1, 0.15) is 6.10 Å². The number of ether oxygens (including phenoxy) is 1. The molecule has 0 unspecified atom stereocenters. The highest BCUT2D eigenvalue weighted by Gasteiger charge is 2.38. The van der Waals surface area contributed by atoms with E-state index in [1.807, 2.05) is 34.1 Å². The minimum absolute atomic E-state index is 0.0622. The molecule has 180 valence electrons. The molecule has 8 nitrogen and oxygen atoms in total. The summed E-state index contributed by atoms with van der Waals surface area (Å²) < 4.78 is 5.72. The van der Waals surface area contributed by atoms with Gasteiger partial charge in [-0.2, -0.15) is 0 Å². The number of carbonyl (C=O) groups excluding carboxylic acids is 3. The summed E-state index contributed by atoms with van der Waals surface area (Å²) in [5.74, 6) is -1.02. The fourth-order valence-corrected chi connectivity index (χ4v) is 4.71. The summed E-state index contributed by atoms with van der Waals surface area (Å²) in [7, 11) is 0. The summed E-state index contributed by atoms with van der Waals surface area (Å²) in [4.78, 5) is 43.3. The summed E-state index contributed by atoms with van der Waals surface area (Å²) in [6.45, 7) is 5.09. The number of esters is 1. The Kier molecular flexibility index (Phi) is 7.92. The van der Waals surface area contributed by atoms with Gasteiger partial charge in [0, 0.05) is 58.2 Å². The molecule has 0 bridgehead atoms. The normalized spacial score (nSPS) is 21.4. The maximum atomic E-state index is 13.0. The zero-order chi connectivity index (χ0) is 23.9. The monoisotopic (exact) mass is 464 g/mol. The number of hydrogen-bond donors (Lipinski definition) is 1. The Morgan fingerprint density at radius 2 is 1.50 bits per heavy atom. The number of nitrogens with zero attached hydrogens (tertiary/aromatic N) is 3. The highest BCUT2D eigenvalue weighted by Crippen LogP contribution is 2.24. The van der Waals surface area contributed by atoms with Gasteiger partial charge in [0.15, 0.2) is 0 Å². The fraction of sp³-hybridized carbons (Fsp3) is 0.423. The van der Waals surface area contributed by atoms with Crippen molar-refractivity contribution in [3.8, 4) is 0 Å². The largest absolute Gasteiger partial charge is 0.457 e. The van der Waals surface area contributed by atoms with Gasteiger partial charge in [-0.05, 0) is 17.7 Å². The van der Waals surface area contributed by atoms with Gasteiger partial charge >= 0.3 is 5.97 Å². The Morgan fingerprint density at radius 1 is 0.853 bits per heavy atom. The van der Waals surface area contributed by atoms with E-state index in [4.69, 9.17) is 10.5 Å². The molecule has 4 rings (SSSR count). The van der Waals surface area contributed by atoms with Gasteiger partial charge in [-0.15, -0.1) is 0 Å². The van der Waals surface area contributed by atoms with Gasteiger partial charge in [0.25, 0.3) is 0 Å². The minimum atomic E-state index is -0.476. The summed E-state index contributed by atoms with van der Waals surface area (Å²) in [5.41, 5.74) is 7.17. The Bertz CT molecular complexity index is 977. The molecule has 2 aromatic carbocycles. The van der Waals surface area contributed by atoms with E-state index >= 15 is 0 Å². The molecule has 0 radical (unpaired) electrons. The molecule has 0 aliphatic carbocycles. The first-order valence-electron chi connectivity index (χ1n) is 11.8. The van der Waals surface area contributed by atoms with Crippen LogP contribution in [0.2, 0.25) is 0 Å². The lowest BCUT2D eigenvalue weighted by Gasteiger charge is -2.35. The van der Waals surface area contributed by atoms with Crippen molar-refractivity contribution < 1.29 is 19.1 Å². The van der Waals surface area contributed by atoms with Crippen molar-refractivity contribution in [2.45, 2.75) is 19.1 Å². The quantitative estimate of drug-likeness (QED) is 0.593. The second-order valence-electron chi connectivity index (χ2n) is 9.08. The number of likely N-dealkylation sites (tertiary alicyclic amines) is 1. The van der Waals surface area contributed by atoms with E-state index in [-0.39, 0.29) is 24.8 Å². The maximum Gasteiger partial charge on any atom is 0.338 e. The molecule has 34 heavy (non-hydrogen) atoms. The predicted octanol–water partition coefficient (Wildman–Crippen LogP) is 1.36. The molecule has 8 heteroatoms. The number of amides is 2. The van der Waals surface area contributed by atoms with E-state index in [1.165, 1.54) is 5.56 Å². The Labute approximate surface area is 200 Å². The van der Waals surface area contributed by atoms with Crippen molar-refractivity contribution in [2.75, 3.05) is 45.8 Å².